The molecule has 2 aromatic carbocycles. The largest absolute Gasteiger partial charge is 0.459 e. The number of hydrogen-bond donors (Lipinski definition) is 0. The van der Waals surface area contributed by atoms with Crippen molar-refractivity contribution in [3.05, 3.63) is 77.6 Å². The van der Waals surface area contributed by atoms with Crippen molar-refractivity contribution in [1.82, 2.24) is 9.78 Å². The van der Waals surface area contributed by atoms with E-state index in [0.717, 1.165) is 27.8 Å². The lowest BCUT2D eigenvalue weighted by molar-refractivity contribution is -0.145. The highest BCUT2D eigenvalue weighted by Crippen LogP contribution is 2.22. The highest BCUT2D eigenvalue weighted by molar-refractivity contribution is 5.70. The Hall–Kier alpha value is -3.39. The molecule has 0 atom stereocenters. The zero-order valence-electron chi connectivity index (χ0n) is 14.6. The number of carbonyl (C=O) groups is 1. The predicted molar refractivity (Wildman–Crippen MR) is 98.0 cm³/mol. The normalized spacial score (nSPS) is 10.3. The average molecular weight is 345 g/mol. The highest BCUT2D eigenvalue weighted by atomic mass is 16.5. The van der Waals surface area contributed by atoms with Gasteiger partial charge in [-0.3, -0.25) is 9.48 Å². The van der Waals surface area contributed by atoms with E-state index in [-0.39, 0.29) is 19.1 Å². The molecule has 3 aromatic rings. The molecule has 0 radical (unpaired) electrons. The van der Waals surface area contributed by atoms with Crippen LogP contribution in [0.4, 0.5) is 0 Å². The molecule has 0 fully saturated rings. The summed E-state index contributed by atoms with van der Waals surface area (Å²) in [5.74, 6) is -0.330. The number of aryl methyl sites for hydroxylation is 1. The van der Waals surface area contributed by atoms with Gasteiger partial charge in [0.25, 0.3) is 0 Å². The first-order valence-electron chi connectivity index (χ1n) is 8.34. The van der Waals surface area contributed by atoms with Crippen molar-refractivity contribution >= 4 is 5.97 Å². The van der Waals surface area contributed by atoms with Crippen LogP contribution in [0, 0.1) is 18.3 Å². The van der Waals surface area contributed by atoms with E-state index in [1.54, 1.807) is 10.9 Å². The lowest BCUT2D eigenvalue weighted by Gasteiger charge is -2.05. The van der Waals surface area contributed by atoms with Gasteiger partial charge in [0.15, 0.2) is 0 Å². The maximum Gasteiger partial charge on any atom is 0.328 e. The van der Waals surface area contributed by atoms with Gasteiger partial charge in [0.05, 0.1) is 18.7 Å². The van der Waals surface area contributed by atoms with Crippen LogP contribution in [-0.4, -0.2) is 15.7 Å². The van der Waals surface area contributed by atoms with Crippen LogP contribution in [0.3, 0.4) is 0 Å². The second-order valence-electron chi connectivity index (χ2n) is 6.05. The second-order valence-corrected chi connectivity index (χ2v) is 6.05. The number of aromatic nitrogens is 2. The summed E-state index contributed by atoms with van der Waals surface area (Å²) in [6, 6.07) is 17.7. The van der Waals surface area contributed by atoms with E-state index in [1.165, 1.54) is 0 Å². The molecule has 0 spiro atoms. The fraction of sp³-hybridized carbons (Fsp3) is 0.190. The van der Waals surface area contributed by atoms with Crippen molar-refractivity contribution < 1.29 is 9.53 Å². The number of rotatable bonds is 6. The van der Waals surface area contributed by atoms with Gasteiger partial charge in [-0.15, -0.1) is 0 Å². The fourth-order valence-corrected chi connectivity index (χ4v) is 2.67. The van der Waals surface area contributed by atoms with Crippen molar-refractivity contribution in [3.8, 4) is 17.2 Å². The zero-order valence-corrected chi connectivity index (χ0v) is 14.6. The van der Waals surface area contributed by atoms with E-state index in [9.17, 15) is 4.79 Å². The van der Waals surface area contributed by atoms with Crippen LogP contribution in [0.5, 0.6) is 0 Å². The van der Waals surface area contributed by atoms with Crippen molar-refractivity contribution in [1.29, 1.82) is 5.26 Å². The summed E-state index contributed by atoms with van der Waals surface area (Å²) in [6.45, 7) is 2.31. The minimum absolute atomic E-state index is 0.0678. The van der Waals surface area contributed by atoms with E-state index in [1.807, 2.05) is 61.7 Å². The summed E-state index contributed by atoms with van der Waals surface area (Å²) < 4.78 is 6.85. The Kier molecular flexibility index (Phi) is 5.45. The van der Waals surface area contributed by atoms with Crippen molar-refractivity contribution in [2.45, 2.75) is 26.5 Å². The van der Waals surface area contributed by atoms with Gasteiger partial charge in [0.1, 0.15) is 13.2 Å². The SMILES string of the molecule is Cc1cc(-c2cnn(CC(=O)OCc3ccccc3)c2)ccc1CC#N. The van der Waals surface area contributed by atoms with Gasteiger partial charge in [0, 0.05) is 11.8 Å². The van der Waals surface area contributed by atoms with Crippen LogP contribution < -0.4 is 0 Å². The van der Waals surface area contributed by atoms with E-state index < -0.39 is 0 Å². The Morgan fingerprint density at radius 3 is 2.73 bits per heavy atom. The topological polar surface area (TPSA) is 67.9 Å². The third-order valence-electron chi connectivity index (χ3n) is 4.11. The molecule has 0 saturated carbocycles. The van der Waals surface area contributed by atoms with Crippen LogP contribution in [0.1, 0.15) is 16.7 Å². The lowest BCUT2D eigenvalue weighted by atomic mass is 10.0. The number of carbonyl (C=O) groups excluding carboxylic acids is 1. The molecule has 5 heteroatoms. The van der Waals surface area contributed by atoms with Gasteiger partial charge >= 0.3 is 5.97 Å². The average Bonchev–Trinajstić information content (AvgIpc) is 3.11. The van der Waals surface area contributed by atoms with Crippen LogP contribution in [0.25, 0.3) is 11.1 Å². The number of hydrogen-bond acceptors (Lipinski definition) is 4. The number of esters is 1. The molecule has 0 bridgehead atoms. The molecule has 0 saturated heterocycles. The van der Waals surface area contributed by atoms with Gasteiger partial charge in [-0.1, -0.05) is 48.5 Å². The number of ether oxygens (including phenoxy) is 1. The smallest absolute Gasteiger partial charge is 0.328 e. The molecular formula is C21H19N3O2. The minimum atomic E-state index is -0.330. The minimum Gasteiger partial charge on any atom is -0.459 e. The first-order chi connectivity index (χ1) is 12.7. The molecule has 1 heterocycles. The van der Waals surface area contributed by atoms with Gasteiger partial charge < -0.3 is 4.74 Å². The first-order valence-corrected chi connectivity index (χ1v) is 8.34. The van der Waals surface area contributed by atoms with E-state index in [4.69, 9.17) is 10.00 Å². The standard InChI is InChI=1S/C21H19N3O2/c1-16-11-19(8-7-18(16)9-10-22)20-12-23-24(13-20)14-21(25)26-15-17-5-3-2-4-6-17/h2-8,11-13H,9,14-15H2,1H3. The van der Waals surface area contributed by atoms with E-state index >= 15 is 0 Å². The zero-order chi connectivity index (χ0) is 18.4. The maximum atomic E-state index is 12.0. The number of benzene rings is 2. The monoisotopic (exact) mass is 345 g/mol. The molecule has 26 heavy (non-hydrogen) atoms. The lowest BCUT2D eigenvalue weighted by Crippen LogP contribution is -2.13. The summed E-state index contributed by atoms with van der Waals surface area (Å²) in [5, 5.41) is 13.1. The Morgan fingerprint density at radius 2 is 2.00 bits per heavy atom. The van der Waals surface area contributed by atoms with Gasteiger partial charge in [-0.2, -0.15) is 10.4 Å². The second kappa shape index (κ2) is 8.13. The molecule has 130 valence electrons. The maximum absolute atomic E-state index is 12.0. The molecule has 0 aliphatic heterocycles. The van der Waals surface area contributed by atoms with Crippen LogP contribution >= 0.6 is 0 Å². The summed E-state index contributed by atoms with van der Waals surface area (Å²) in [7, 11) is 0. The fourth-order valence-electron chi connectivity index (χ4n) is 2.67. The van der Waals surface area contributed by atoms with Crippen LogP contribution in [0.15, 0.2) is 60.9 Å². The summed E-state index contributed by atoms with van der Waals surface area (Å²) in [6.07, 6.45) is 3.95. The summed E-state index contributed by atoms with van der Waals surface area (Å²) >= 11 is 0. The third kappa shape index (κ3) is 4.37. The van der Waals surface area contributed by atoms with E-state index in [0.29, 0.717) is 6.42 Å². The summed E-state index contributed by atoms with van der Waals surface area (Å²) in [5.41, 5.74) is 4.97. The molecule has 0 aliphatic carbocycles. The molecule has 5 nitrogen and oxygen atoms in total. The molecule has 3 rings (SSSR count). The Balaban J connectivity index is 1.62. The third-order valence-corrected chi connectivity index (χ3v) is 4.11. The summed E-state index contributed by atoms with van der Waals surface area (Å²) in [4.78, 5) is 12.0. The molecule has 0 aliphatic rings. The van der Waals surface area contributed by atoms with Crippen molar-refractivity contribution in [2.24, 2.45) is 0 Å². The number of nitrogens with zero attached hydrogens (tertiary/aromatic N) is 3. The highest BCUT2D eigenvalue weighted by Gasteiger charge is 2.09. The molecule has 1 aromatic heterocycles. The van der Waals surface area contributed by atoms with E-state index in [2.05, 4.69) is 11.2 Å². The number of nitriles is 1. The first kappa shape index (κ1) is 17.4. The Bertz CT molecular complexity index is 939. The quantitative estimate of drug-likeness (QED) is 0.639. The molecule has 0 N–H and O–H groups in total. The molecular weight excluding hydrogens is 326 g/mol. The van der Waals surface area contributed by atoms with Crippen molar-refractivity contribution in [3.63, 3.8) is 0 Å². The van der Waals surface area contributed by atoms with Crippen molar-refractivity contribution in [2.75, 3.05) is 0 Å². The van der Waals surface area contributed by atoms with Gasteiger partial charge in [0.2, 0.25) is 0 Å². The predicted octanol–water partition coefficient (Wildman–Crippen LogP) is 3.67. The molecule has 0 unspecified atom stereocenters. The van der Waals surface area contributed by atoms with Gasteiger partial charge in [-0.25, -0.2) is 0 Å². The van der Waals surface area contributed by atoms with Crippen LogP contribution in [-0.2, 0) is 29.1 Å². The van der Waals surface area contributed by atoms with Crippen LogP contribution in [0.2, 0.25) is 0 Å². The Labute approximate surface area is 152 Å². The Morgan fingerprint density at radius 1 is 1.19 bits per heavy atom. The van der Waals surface area contributed by atoms with Gasteiger partial charge in [-0.05, 0) is 29.2 Å². The molecule has 0 amide bonds.